The summed E-state index contributed by atoms with van der Waals surface area (Å²) in [7, 11) is 0. The van der Waals surface area contributed by atoms with Crippen LogP contribution in [0.5, 0.6) is 0 Å². The quantitative estimate of drug-likeness (QED) is 0.228. The fourth-order valence-corrected chi connectivity index (χ4v) is 8.52. The van der Waals surface area contributed by atoms with Crippen molar-refractivity contribution in [1.29, 1.82) is 0 Å². The fourth-order valence-electron chi connectivity index (χ4n) is 6.11. The minimum atomic E-state index is -0.639. The lowest BCUT2D eigenvalue weighted by Gasteiger charge is -2.40. The molecule has 2 amide bonds. The molecule has 1 spiro atoms. The number of esters is 1. The molecule has 3 fully saturated rings. The van der Waals surface area contributed by atoms with Crippen molar-refractivity contribution in [2.45, 2.75) is 68.4 Å². The molecule has 3 rings (SSSR count). The van der Waals surface area contributed by atoms with Crippen molar-refractivity contribution in [2.75, 3.05) is 32.8 Å². The van der Waals surface area contributed by atoms with Gasteiger partial charge in [-0.3, -0.25) is 14.4 Å². The highest BCUT2D eigenvalue weighted by Gasteiger charge is 2.76. The van der Waals surface area contributed by atoms with Crippen LogP contribution in [0.1, 0.15) is 52.4 Å². The van der Waals surface area contributed by atoms with Gasteiger partial charge in [0.2, 0.25) is 11.8 Å². The van der Waals surface area contributed by atoms with E-state index in [4.69, 9.17) is 4.74 Å². The van der Waals surface area contributed by atoms with Gasteiger partial charge in [0.05, 0.1) is 16.6 Å². The Balaban J connectivity index is 1.98. The predicted octanol–water partition coefficient (Wildman–Crippen LogP) is 3.03. The third-order valence-electron chi connectivity index (χ3n) is 7.59. The van der Waals surface area contributed by atoms with Crippen LogP contribution in [-0.4, -0.2) is 81.6 Å². The van der Waals surface area contributed by atoms with Crippen LogP contribution in [0.3, 0.4) is 0 Å². The Morgan fingerprint density at radius 2 is 2.03 bits per heavy atom. The number of nitrogens with zero attached hydrogens (tertiary/aromatic N) is 2. The molecule has 0 aromatic carbocycles. The Labute approximate surface area is 208 Å². The number of amides is 2. The van der Waals surface area contributed by atoms with Gasteiger partial charge in [-0.2, -0.15) is 0 Å². The molecule has 1 N–H and O–H groups in total. The standard InChI is InChI=1S/C26H40N2O5S/c1-5-8-9-13-27(12-6-2)24(31)22-26-18(4)17-19(34-26)20(25(32)33-16-7-3)21(26)23(30)28(22)14-10-11-15-29/h6-7,18-22,29H,2-3,5,8-17H2,1,4H3/t18?,19-,20+,21-,22?,26?/m0/s1. The summed E-state index contributed by atoms with van der Waals surface area (Å²) in [5, 5.41) is 9.28. The summed E-state index contributed by atoms with van der Waals surface area (Å²) < 4.78 is 4.78. The van der Waals surface area contributed by atoms with E-state index in [1.165, 1.54) is 6.08 Å². The fraction of sp³-hybridized carbons (Fsp3) is 0.731. The number of hydrogen-bond donors (Lipinski definition) is 1. The molecule has 0 saturated carbocycles. The van der Waals surface area contributed by atoms with Crippen LogP contribution in [-0.2, 0) is 19.1 Å². The van der Waals surface area contributed by atoms with E-state index in [1.54, 1.807) is 22.7 Å². The molecule has 3 heterocycles. The van der Waals surface area contributed by atoms with E-state index in [0.717, 1.165) is 25.7 Å². The summed E-state index contributed by atoms with van der Waals surface area (Å²) in [6.07, 6.45) is 8.22. The molecule has 0 aromatic heterocycles. The highest BCUT2D eigenvalue weighted by atomic mass is 32.2. The molecule has 2 bridgehead atoms. The normalized spacial score (nSPS) is 31.4. The highest BCUT2D eigenvalue weighted by molar-refractivity contribution is 8.02. The zero-order valence-corrected chi connectivity index (χ0v) is 21.4. The molecule has 3 aliphatic rings. The van der Waals surface area contributed by atoms with E-state index in [1.807, 2.05) is 4.90 Å². The van der Waals surface area contributed by atoms with Gasteiger partial charge in [0, 0.05) is 31.5 Å². The molecule has 0 aliphatic carbocycles. The van der Waals surface area contributed by atoms with Gasteiger partial charge >= 0.3 is 5.97 Å². The molecule has 6 atom stereocenters. The van der Waals surface area contributed by atoms with Gasteiger partial charge in [0.15, 0.2) is 0 Å². The van der Waals surface area contributed by atoms with E-state index in [9.17, 15) is 19.5 Å². The summed E-state index contributed by atoms with van der Waals surface area (Å²) >= 11 is 1.66. The van der Waals surface area contributed by atoms with E-state index in [-0.39, 0.29) is 42.2 Å². The van der Waals surface area contributed by atoms with Gasteiger partial charge in [0.1, 0.15) is 12.6 Å². The zero-order valence-electron chi connectivity index (χ0n) is 20.6. The first-order valence-electron chi connectivity index (χ1n) is 12.6. The number of rotatable bonds is 14. The summed E-state index contributed by atoms with van der Waals surface area (Å²) in [4.78, 5) is 44.6. The molecule has 34 heavy (non-hydrogen) atoms. The maximum atomic E-state index is 14.1. The number of aliphatic hydroxyl groups excluding tert-OH is 1. The molecule has 3 saturated heterocycles. The lowest BCUT2D eigenvalue weighted by atomic mass is 9.66. The number of aliphatic hydroxyl groups is 1. The van der Waals surface area contributed by atoms with Crippen LogP contribution in [0.4, 0.5) is 0 Å². The van der Waals surface area contributed by atoms with Crippen LogP contribution < -0.4 is 0 Å². The molecule has 7 nitrogen and oxygen atoms in total. The van der Waals surface area contributed by atoms with Crippen molar-refractivity contribution in [1.82, 2.24) is 9.80 Å². The average Bonchev–Trinajstić information content (AvgIpc) is 3.41. The van der Waals surface area contributed by atoms with Crippen LogP contribution in [0, 0.1) is 17.8 Å². The van der Waals surface area contributed by atoms with Crippen LogP contribution in [0.15, 0.2) is 25.3 Å². The lowest BCUT2D eigenvalue weighted by Crippen LogP contribution is -2.57. The van der Waals surface area contributed by atoms with Crippen LogP contribution in [0.25, 0.3) is 0 Å². The molecule has 0 radical (unpaired) electrons. The number of thioether (sulfide) groups is 1. The summed E-state index contributed by atoms with van der Waals surface area (Å²) in [6.45, 7) is 13.3. The molecule has 190 valence electrons. The Kier molecular flexibility index (Phi) is 9.27. The number of ether oxygens (including phenoxy) is 1. The van der Waals surface area contributed by atoms with Crippen LogP contribution >= 0.6 is 11.8 Å². The first-order chi connectivity index (χ1) is 16.4. The minimum Gasteiger partial charge on any atom is -0.461 e. The Morgan fingerprint density at radius 3 is 2.68 bits per heavy atom. The molecule has 3 aliphatic heterocycles. The zero-order chi connectivity index (χ0) is 24.9. The predicted molar refractivity (Wildman–Crippen MR) is 134 cm³/mol. The van der Waals surface area contributed by atoms with E-state index < -0.39 is 22.6 Å². The van der Waals surface area contributed by atoms with Crippen molar-refractivity contribution in [3.05, 3.63) is 25.3 Å². The molecule has 0 aromatic rings. The SMILES string of the molecule is C=CCOC(=O)[C@@H]1[C@@H]2CC(C)C3(S2)C(C(=O)N(CC=C)CCCCC)N(CCCCO)C(=O)[C@H]13. The smallest absolute Gasteiger partial charge is 0.311 e. The van der Waals surface area contributed by atoms with E-state index in [2.05, 4.69) is 27.0 Å². The molecule has 8 heteroatoms. The van der Waals surface area contributed by atoms with Crippen molar-refractivity contribution in [3.8, 4) is 0 Å². The molecule has 3 unspecified atom stereocenters. The number of hydrogen-bond acceptors (Lipinski definition) is 6. The number of likely N-dealkylation sites (tertiary alicyclic amines) is 1. The topological polar surface area (TPSA) is 87.2 Å². The van der Waals surface area contributed by atoms with Crippen molar-refractivity contribution >= 4 is 29.5 Å². The first kappa shape index (κ1) is 26.8. The van der Waals surface area contributed by atoms with Gasteiger partial charge in [-0.25, -0.2) is 0 Å². The monoisotopic (exact) mass is 492 g/mol. The maximum Gasteiger partial charge on any atom is 0.311 e. The van der Waals surface area contributed by atoms with Crippen molar-refractivity contribution in [3.63, 3.8) is 0 Å². The highest BCUT2D eigenvalue weighted by Crippen LogP contribution is 2.68. The summed E-state index contributed by atoms with van der Waals surface area (Å²) in [5.74, 6) is -1.51. The van der Waals surface area contributed by atoms with Gasteiger partial charge in [-0.1, -0.05) is 45.4 Å². The number of carbonyl (C=O) groups is 3. The van der Waals surface area contributed by atoms with Gasteiger partial charge in [-0.15, -0.1) is 18.3 Å². The molecular formula is C26H40N2O5S. The maximum absolute atomic E-state index is 14.1. The Hall–Kier alpha value is -1.80. The second kappa shape index (κ2) is 11.8. The van der Waals surface area contributed by atoms with Gasteiger partial charge in [0.25, 0.3) is 0 Å². The van der Waals surface area contributed by atoms with Gasteiger partial charge < -0.3 is 19.6 Å². The summed E-state index contributed by atoms with van der Waals surface area (Å²) in [6, 6.07) is -0.618. The van der Waals surface area contributed by atoms with E-state index in [0.29, 0.717) is 32.5 Å². The second-order valence-corrected chi connectivity index (χ2v) is 11.3. The van der Waals surface area contributed by atoms with E-state index >= 15 is 0 Å². The van der Waals surface area contributed by atoms with Gasteiger partial charge in [-0.05, 0) is 31.6 Å². The third kappa shape index (κ3) is 4.68. The first-order valence-corrected chi connectivity index (χ1v) is 13.5. The minimum absolute atomic E-state index is 0.0240. The number of fused-ring (bicyclic) bond motifs is 1. The Bertz CT molecular complexity index is 789. The lowest BCUT2D eigenvalue weighted by molar-refractivity contribution is -0.153. The van der Waals surface area contributed by atoms with Crippen molar-refractivity contribution < 1.29 is 24.2 Å². The average molecular weight is 493 g/mol. The Morgan fingerprint density at radius 1 is 1.26 bits per heavy atom. The van der Waals surface area contributed by atoms with Crippen LogP contribution in [0.2, 0.25) is 0 Å². The largest absolute Gasteiger partial charge is 0.461 e. The molecular weight excluding hydrogens is 452 g/mol. The number of carbonyl (C=O) groups excluding carboxylic acids is 3. The third-order valence-corrected chi connectivity index (χ3v) is 9.67. The second-order valence-electron chi connectivity index (χ2n) is 9.71. The van der Waals surface area contributed by atoms with Crippen molar-refractivity contribution in [2.24, 2.45) is 17.8 Å². The summed E-state index contributed by atoms with van der Waals surface area (Å²) in [5.41, 5.74) is 0. The number of unbranched alkanes of at least 4 members (excludes halogenated alkanes) is 3.